The molecule has 4 aromatic rings. The maximum atomic E-state index is 13.0. The summed E-state index contributed by atoms with van der Waals surface area (Å²) < 4.78 is 8.37. The highest BCUT2D eigenvalue weighted by atomic mass is 16.5. The van der Waals surface area contributed by atoms with Crippen molar-refractivity contribution in [2.24, 2.45) is 0 Å². The van der Waals surface area contributed by atoms with Crippen LogP contribution in [0.4, 0.5) is 11.4 Å². The molecule has 0 atom stereocenters. The number of benzene rings is 3. The van der Waals surface area contributed by atoms with E-state index in [0.29, 0.717) is 38.6 Å². The molecule has 2 fully saturated rings. The molecule has 3 aromatic carbocycles. The van der Waals surface area contributed by atoms with Crippen molar-refractivity contribution >= 4 is 23.2 Å². The van der Waals surface area contributed by atoms with Crippen LogP contribution in [0, 0.1) is 0 Å². The Bertz CT molecular complexity index is 1780. The summed E-state index contributed by atoms with van der Waals surface area (Å²) in [5.74, 6) is 0.336. The number of hydrogen-bond acceptors (Lipinski definition) is 8. The summed E-state index contributed by atoms with van der Waals surface area (Å²) in [7, 11) is 1.69. The third kappa shape index (κ3) is 11.0. The van der Waals surface area contributed by atoms with Crippen molar-refractivity contribution < 1.29 is 14.3 Å². The third-order valence-electron chi connectivity index (χ3n) is 11.0. The molecule has 0 radical (unpaired) electrons. The van der Waals surface area contributed by atoms with E-state index in [9.17, 15) is 14.4 Å². The number of amides is 2. The van der Waals surface area contributed by atoms with Gasteiger partial charge in [0, 0.05) is 83.2 Å². The van der Waals surface area contributed by atoms with Gasteiger partial charge in [-0.3, -0.25) is 9.59 Å². The zero-order valence-electron chi connectivity index (χ0n) is 33.3. The van der Waals surface area contributed by atoms with Crippen molar-refractivity contribution in [3.05, 3.63) is 107 Å². The van der Waals surface area contributed by atoms with Gasteiger partial charge in [-0.1, -0.05) is 80.6 Å². The van der Waals surface area contributed by atoms with Gasteiger partial charge >= 0.3 is 5.69 Å². The highest BCUT2D eigenvalue weighted by molar-refractivity contribution is 5.95. The van der Waals surface area contributed by atoms with Gasteiger partial charge < -0.3 is 24.3 Å². The number of rotatable bonds is 15. The van der Waals surface area contributed by atoms with E-state index in [-0.39, 0.29) is 23.0 Å². The van der Waals surface area contributed by atoms with Gasteiger partial charge in [-0.25, -0.2) is 4.79 Å². The first-order valence-corrected chi connectivity index (χ1v) is 20.1. The minimum atomic E-state index is -0.373. The molecule has 1 aromatic heterocycles. The lowest BCUT2D eigenvalue weighted by Gasteiger charge is -2.48. The molecule has 2 saturated heterocycles. The van der Waals surface area contributed by atoms with E-state index in [1.54, 1.807) is 7.11 Å². The largest absolute Gasteiger partial charge is 0.382 e. The zero-order chi connectivity index (χ0) is 39.0. The van der Waals surface area contributed by atoms with Gasteiger partial charge in [0.25, 0.3) is 0 Å². The Morgan fingerprint density at radius 3 is 1.80 bits per heavy atom. The second kappa shape index (κ2) is 20.9. The number of aromatic nitrogens is 4. The van der Waals surface area contributed by atoms with Gasteiger partial charge in [0.2, 0.25) is 11.8 Å². The number of hydrogen-bond donors (Lipinski definition) is 0. The van der Waals surface area contributed by atoms with Crippen molar-refractivity contribution in [3.63, 3.8) is 0 Å². The fourth-order valence-corrected chi connectivity index (χ4v) is 7.84. The number of para-hydroxylation sites is 2. The van der Waals surface area contributed by atoms with Gasteiger partial charge in [-0.05, 0) is 79.3 Å². The summed E-state index contributed by atoms with van der Waals surface area (Å²) in [5.41, 5.74) is 2.81. The van der Waals surface area contributed by atoms with Crippen molar-refractivity contribution in [2.75, 3.05) is 62.8 Å². The van der Waals surface area contributed by atoms with Gasteiger partial charge in [-0.2, -0.15) is 9.36 Å². The third-order valence-corrected chi connectivity index (χ3v) is 11.0. The van der Waals surface area contributed by atoms with Gasteiger partial charge in [0.1, 0.15) is 0 Å². The van der Waals surface area contributed by atoms with Gasteiger partial charge in [0.05, 0.1) is 18.7 Å². The van der Waals surface area contributed by atoms with Gasteiger partial charge in [-0.15, -0.1) is 0 Å². The number of carbonyl (C=O) groups is 2. The molecule has 2 aliphatic rings. The lowest BCUT2D eigenvalue weighted by Crippen LogP contribution is -2.60. The summed E-state index contributed by atoms with van der Waals surface area (Å²) in [6.45, 7) is 12.8. The number of likely N-dealkylation sites (tertiary alicyclic amines) is 2. The summed E-state index contributed by atoms with van der Waals surface area (Å²) >= 11 is 0. The van der Waals surface area contributed by atoms with Gasteiger partial charge in [0.15, 0.2) is 0 Å². The molecule has 55 heavy (non-hydrogen) atoms. The number of tetrazole rings is 1. The van der Waals surface area contributed by atoms with Crippen LogP contribution in [0.25, 0.3) is 0 Å². The van der Waals surface area contributed by atoms with Crippen LogP contribution in [0.3, 0.4) is 0 Å². The van der Waals surface area contributed by atoms with E-state index >= 15 is 0 Å². The number of methoxy groups -OCH3 is 1. The van der Waals surface area contributed by atoms with E-state index in [2.05, 4.69) is 62.7 Å². The van der Waals surface area contributed by atoms with Crippen molar-refractivity contribution in [1.82, 2.24) is 29.6 Å². The molecular formula is C43H60N8O4. The monoisotopic (exact) mass is 752 g/mol. The molecule has 3 heterocycles. The number of ether oxygens (including phenoxy) is 1. The molecule has 0 unspecified atom stereocenters. The lowest BCUT2D eigenvalue weighted by atomic mass is 9.85. The number of anilines is 2. The van der Waals surface area contributed by atoms with Crippen LogP contribution in [-0.4, -0.2) is 106 Å². The van der Waals surface area contributed by atoms with E-state index < -0.39 is 0 Å². The minimum Gasteiger partial charge on any atom is -0.382 e. The lowest BCUT2D eigenvalue weighted by molar-refractivity contribution is -0.121. The van der Waals surface area contributed by atoms with E-state index in [0.717, 1.165) is 82.7 Å². The first-order chi connectivity index (χ1) is 26.8. The highest BCUT2D eigenvalue weighted by Gasteiger charge is 2.43. The number of nitrogens with zero attached hydrogens (tertiary/aromatic N) is 8. The number of carbonyl (C=O) groups excluding carboxylic acids is 2. The topological polar surface area (TPSA) is 109 Å². The number of piperidine rings is 2. The van der Waals surface area contributed by atoms with E-state index in [4.69, 9.17) is 4.74 Å². The number of aryl methyl sites for hydroxylation is 1. The molecule has 0 spiro atoms. The van der Waals surface area contributed by atoms with Crippen LogP contribution >= 0.6 is 0 Å². The van der Waals surface area contributed by atoms with Crippen LogP contribution in [0.2, 0.25) is 0 Å². The Labute approximate surface area is 326 Å². The Balaban J connectivity index is 0.000000214. The Hall–Kier alpha value is -4.65. The molecule has 0 N–H and O–H groups in total. The molecule has 12 heteroatoms. The average molecular weight is 753 g/mol. The molecule has 12 nitrogen and oxygen atoms in total. The summed E-state index contributed by atoms with van der Waals surface area (Å²) in [4.78, 5) is 46.4. The predicted octanol–water partition coefficient (Wildman–Crippen LogP) is 5.52. The predicted molar refractivity (Wildman–Crippen MR) is 218 cm³/mol. The quantitative estimate of drug-likeness (QED) is 0.156. The molecule has 2 aliphatic heterocycles. The van der Waals surface area contributed by atoms with Crippen LogP contribution in [0.5, 0.6) is 0 Å². The second-order valence-electron chi connectivity index (χ2n) is 14.5. The molecule has 0 saturated carbocycles. The normalized spacial score (nSPS) is 16.2. The Morgan fingerprint density at radius 1 is 0.709 bits per heavy atom. The average Bonchev–Trinajstić information content (AvgIpc) is 3.60. The fourth-order valence-electron chi connectivity index (χ4n) is 7.84. The molecule has 0 aliphatic carbocycles. The molecule has 296 valence electrons. The standard InChI is InChI=1S/C22H28N2O.C21H32N6O3/c1-2-22(25)24(20-11-7-4-8-12-20)21-14-17-23(18-15-21)16-13-19-9-5-3-6-10-19;1-4-19(28)27(18-9-7-6-8-10-18)21(17-30-3)11-13-24(14-12-21)15-16-26-20(29)25(5-2)22-23-26/h3-12,21H,2,13-18H2,1H3;6-10H,4-5,11-17H2,1-3H3. The van der Waals surface area contributed by atoms with Crippen molar-refractivity contribution in [2.45, 2.75) is 90.4 Å². The van der Waals surface area contributed by atoms with Crippen molar-refractivity contribution in [3.8, 4) is 0 Å². The maximum absolute atomic E-state index is 13.0. The van der Waals surface area contributed by atoms with Crippen LogP contribution in [-0.2, 0) is 33.8 Å². The van der Waals surface area contributed by atoms with E-state index in [1.807, 2.05) is 79.1 Å². The first kappa shape index (κ1) is 41.5. The van der Waals surface area contributed by atoms with Crippen LogP contribution in [0.1, 0.15) is 64.9 Å². The molecule has 6 rings (SSSR count). The second-order valence-corrected chi connectivity index (χ2v) is 14.5. The Morgan fingerprint density at radius 2 is 1.25 bits per heavy atom. The molecular weight excluding hydrogens is 693 g/mol. The van der Waals surface area contributed by atoms with Crippen LogP contribution < -0.4 is 15.5 Å². The molecule has 0 bridgehead atoms. The highest BCUT2D eigenvalue weighted by Crippen LogP contribution is 2.34. The summed E-state index contributed by atoms with van der Waals surface area (Å²) in [5, 5.41) is 7.82. The summed E-state index contributed by atoms with van der Waals surface area (Å²) in [6, 6.07) is 31.0. The van der Waals surface area contributed by atoms with Crippen molar-refractivity contribution in [1.29, 1.82) is 0 Å². The van der Waals surface area contributed by atoms with E-state index in [1.165, 1.54) is 14.9 Å². The SMILES string of the molecule is CCC(=O)N(c1ccccc1)C1(COC)CCN(CCn2nnn(CC)c2=O)CC1.CCC(=O)N(c1ccccc1)C1CCN(CCc2ccccc2)CC1. The fraction of sp³-hybridized carbons (Fsp3) is 0.512. The first-order valence-electron chi connectivity index (χ1n) is 20.1. The molecule has 2 amide bonds. The zero-order valence-corrected chi connectivity index (χ0v) is 33.3. The summed E-state index contributed by atoms with van der Waals surface area (Å²) in [6.07, 6.45) is 5.81. The maximum Gasteiger partial charge on any atom is 0.363 e. The Kier molecular flexibility index (Phi) is 15.8. The smallest absolute Gasteiger partial charge is 0.363 e. The van der Waals surface area contributed by atoms with Crippen LogP contribution in [0.15, 0.2) is 95.8 Å². The minimum absolute atomic E-state index is 0.106.